The lowest BCUT2D eigenvalue weighted by Gasteiger charge is -2.28. The molecule has 0 saturated heterocycles. The first-order valence-electron chi connectivity index (χ1n) is 10.9. The van der Waals surface area contributed by atoms with Gasteiger partial charge in [0, 0.05) is 37.4 Å². The monoisotopic (exact) mass is 489 g/mol. The van der Waals surface area contributed by atoms with Crippen LogP contribution in [0.15, 0.2) is 41.8 Å². The molecule has 2 N–H and O–H groups in total. The van der Waals surface area contributed by atoms with Crippen LogP contribution in [0.25, 0.3) is 5.65 Å². The number of imidazole rings is 1. The molecule has 1 aliphatic rings. The molecule has 11 nitrogen and oxygen atoms in total. The normalized spacial score (nSPS) is 14.8. The van der Waals surface area contributed by atoms with Crippen molar-refractivity contribution in [1.82, 2.24) is 34.3 Å². The summed E-state index contributed by atoms with van der Waals surface area (Å²) in [6.07, 6.45) is 3.33. The molecule has 4 aromatic rings. The first-order chi connectivity index (χ1) is 16.8. The number of hydrogen-bond donors (Lipinski definition) is 2. The molecule has 0 fully saturated rings. The third-order valence-electron chi connectivity index (χ3n) is 5.60. The summed E-state index contributed by atoms with van der Waals surface area (Å²) in [6, 6.07) is 1.44. The Morgan fingerprint density at radius 3 is 2.83 bits per heavy atom. The van der Waals surface area contributed by atoms with Crippen molar-refractivity contribution in [2.24, 2.45) is 0 Å². The van der Waals surface area contributed by atoms with E-state index < -0.39 is 29.0 Å². The fraction of sp³-hybridized carbons (Fsp3) is 0.381. The first kappa shape index (κ1) is 22.8. The third kappa shape index (κ3) is 4.69. The highest BCUT2D eigenvalue weighted by Crippen LogP contribution is 2.31. The van der Waals surface area contributed by atoms with Gasteiger partial charge in [0.15, 0.2) is 11.5 Å². The zero-order valence-electron chi connectivity index (χ0n) is 18.7. The smallest absolute Gasteiger partial charge is 0.378 e. The fourth-order valence-corrected chi connectivity index (χ4v) is 4.08. The van der Waals surface area contributed by atoms with E-state index in [1.807, 2.05) is 32.6 Å². The summed E-state index contributed by atoms with van der Waals surface area (Å²) in [5.41, 5.74) is -0.500. The Balaban J connectivity index is 1.19. The van der Waals surface area contributed by atoms with Gasteiger partial charge in [0.25, 0.3) is 5.56 Å². The molecular weight excluding hydrogens is 467 g/mol. The average Bonchev–Trinajstić information content (AvgIpc) is 3.44. The number of aromatic nitrogens is 7. The molecular formula is C21H22F3N9O2. The van der Waals surface area contributed by atoms with E-state index in [0.29, 0.717) is 13.1 Å². The van der Waals surface area contributed by atoms with E-state index in [2.05, 4.69) is 30.4 Å². The van der Waals surface area contributed by atoms with Crippen LogP contribution in [0.3, 0.4) is 0 Å². The highest BCUT2D eigenvalue weighted by molar-refractivity contribution is 5.64. The predicted molar refractivity (Wildman–Crippen MR) is 119 cm³/mol. The van der Waals surface area contributed by atoms with Gasteiger partial charge in [-0.05, 0) is 13.0 Å². The summed E-state index contributed by atoms with van der Waals surface area (Å²) < 4.78 is 49.1. The number of nitrogens with zero attached hydrogens (tertiary/aromatic N) is 7. The lowest BCUT2D eigenvalue weighted by molar-refractivity contribution is -0.138. The van der Waals surface area contributed by atoms with Gasteiger partial charge >= 0.3 is 6.18 Å². The number of aromatic amines is 1. The van der Waals surface area contributed by atoms with Crippen LogP contribution >= 0.6 is 0 Å². The number of alkyl halides is 3. The van der Waals surface area contributed by atoms with E-state index in [1.54, 1.807) is 19.3 Å². The molecule has 184 valence electrons. The van der Waals surface area contributed by atoms with Crippen molar-refractivity contribution in [3.8, 4) is 0 Å². The number of H-pyrrole nitrogens is 1. The number of anilines is 2. The predicted octanol–water partition coefficient (Wildman–Crippen LogP) is 2.07. The molecule has 5 rings (SSSR count). The van der Waals surface area contributed by atoms with Crippen molar-refractivity contribution in [3.63, 3.8) is 0 Å². The lowest BCUT2D eigenvalue weighted by Crippen LogP contribution is -2.34. The maximum absolute atomic E-state index is 13.2. The molecule has 0 radical (unpaired) electrons. The molecule has 0 amide bonds. The Morgan fingerprint density at radius 1 is 1.23 bits per heavy atom. The Bertz CT molecular complexity index is 1390. The van der Waals surface area contributed by atoms with Crippen molar-refractivity contribution in [2.75, 3.05) is 23.4 Å². The van der Waals surface area contributed by atoms with Crippen molar-refractivity contribution >= 4 is 17.2 Å². The number of halogens is 3. The van der Waals surface area contributed by atoms with Crippen LogP contribution in [0.1, 0.15) is 23.9 Å². The molecule has 1 unspecified atom stereocenters. The molecule has 35 heavy (non-hydrogen) atoms. The molecule has 0 aliphatic carbocycles. The Hall–Kier alpha value is -3.94. The zero-order valence-corrected chi connectivity index (χ0v) is 18.7. The minimum Gasteiger partial charge on any atom is -0.378 e. The molecule has 0 bridgehead atoms. The van der Waals surface area contributed by atoms with Gasteiger partial charge in [0.1, 0.15) is 5.56 Å². The van der Waals surface area contributed by atoms with E-state index >= 15 is 0 Å². The van der Waals surface area contributed by atoms with Crippen LogP contribution in [0.2, 0.25) is 0 Å². The molecule has 0 aromatic carbocycles. The minimum absolute atomic E-state index is 0.101. The Kier molecular flexibility index (Phi) is 5.88. The summed E-state index contributed by atoms with van der Waals surface area (Å²) in [4.78, 5) is 22.6. The first-order valence-corrected chi connectivity index (χ1v) is 10.9. The summed E-state index contributed by atoms with van der Waals surface area (Å²) in [5.74, 6) is 0.801. The van der Waals surface area contributed by atoms with E-state index in [9.17, 15) is 18.0 Å². The maximum Gasteiger partial charge on any atom is 0.423 e. The summed E-state index contributed by atoms with van der Waals surface area (Å²) in [6.45, 7) is 3.96. The van der Waals surface area contributed by atoms with Gasteiger partial charge in [-0.1, -0.05) is 0 Å². The number of rotatable bonds is 7. The van der Waals surface area contributed by atoms with Gasteiger partial charge in [0.2, 0.25) is 0 Å². The van der Waals surface area contributed by atoms with Gasteiger partial charge in [-0.25, -0.2) is 15.1 Å². The average molecular weight is 489 g/mol. The van der Waals surface area contributed by atoms with Crippen LogP contribution in [0.5, 0.6) is 0 Å². The Labute approximate surface area is 196 Å². The van der Waals surface area contributed by atoms with Gasteiger partial charge in [0.05, 0.1) is 49.6 Å². The van der Waals surface area contributed by atoms with Crippen molar-refractivity contribution < 1.29 is 17.9 Å². The van der Waals surface area contributed by atoms with Crippen LogP contribution in [0, 0.1) is 0 Å². The number of ether oxygens (including phenoxy) is 1. The highest BCUT2D eigenvalue weighted by atomic mass is 19.4. The van der Waals surface area contributed by atoms with Gasteiger partial charge < -0.3 is 19.4 Å². The van der Waals surface area contributed by atoms with E-state index in [1.165, 1.54) is 0 Å². The standard InChI is InChI=1S/C21H22F3N9O2/c1-13(28-16-9-27-29-20(34)17(16)21(22,23)24)11-35-12-14-8-15-10-32(6-7-33(15)30-14)19-18-25-2-4-31(18)5-3-26-19/h2-5,8-9,13H,6-7,10-12H2,1H3,(H2,28,29,34). The number of hydrogen-bond acceptors (Lipinski definition) is 8. The summed E-state index contributed by atoms with van der Waals surface area (Å²) >= 11 is 0. The number of nitrogens with one attached hydrogen (secondary N) is 2. The summed E-state index contributed by atoms with van der Waals surface area (Å²) in [5, 5.41) is 12.5. The molecule has 0 saturated carbocycles. The molecule has 1 atom stereocenters. The van der Waals surface area contributed by atoms with Crippen LogP contribution < -0.4 is 15.8 Å². The topological polar surface area (TPSA) is 118 Å². The third-order valence-corrected chi connectivity index (χ3v) is 5.60. The van der Waals surface area contributed by atoms with Crippen LogP contribution in [0.4, 0.5) is 24.7 Å². The molecule has 14 heteroatoms. The molecule has 1 aliphatic heterocycles. The second kappa shape index (κ2) is 9.02. The van der Waals surface area contributed by atoms with E-state index in [-0.39, 0.29) is 13.2 Å². The second-order valence-electron chi connectivity index (χ2n) is 8.23. The highest BCUT2D eigenvalue weighted by Gasteiger charge is 2.37. The lowest BCUT2D eigenvalue weighted by atomic mass is 10.2. The second-order valence-corrected chi connectivity index (χ2v) is 8.23. The fourth-order valence-electron chi connectivity index (χ4n) is 4.08. The van der Waals surface area contributed by atoms with Crippen LogP contribution in [-0.4, -0.2) is 53.5 Å². The quantitative estimate of drug-likeness (QED) is 0.405. The van der Waals surface area contributed by atoms with Gasteiger partial charge in [-0.15, -0.1) is 0 Å². The SMILES string of the molecule is CC(COCc1cc2n(n1)CCN(c1nccn3ccnc13)C2)Nc1cn[nH]c(=O)c1C(F)(F)F. The number of fused-ring (bicyclic) bond motifs is 2. The largest absolute Gasteiger partial charge is 0.423 e. The van der Waals surface area contributed by atoms with Crippen molar-refractivity contribution in [2.45, 2.75) is 38.8 Å². The van der Waals surface area contributed by atoms with Gasteiger partial charge in [-0.3, -0.25) is 9.48 Å². The Morgan fingerprint density at radius 2 is 2.03 bits per heavy atom. The van der Waals surface area contributed by atoms with Crippen molar-refractivity contribution in [1.29, 1.82) is 0 Å². The van der Waals surface area contributed by atoms with E-state index in [0.717, 1.165) is 35.6 Å². The molecule has 5 heterocycles. The van der Waals surface area contributed by atoms with Crippen molar-refractivity contribution in [3.05, 3.63) is 64.4 Å². The van der Waals surface area contributed by atoms with E-state index in [4.69, 9.17) is 4.74 Å². The summed E-state index contributed by atoms with van der Waals surface area (Å²) in [7, 11) is 0. The minimum atomic E-state index is -4.80. The zero-order chi connectivity index (χ0) is 24.6. The maximum atomic E-state index is 13.2. The van der Waals surface area contributed by atoms with Gasteiger partial charge in [-0.2, -0.15) is 23.4 Å². The molecule has 0 spiro atoms. The molecule has 4 aromatic heterocycles. The van der Waals surface area contributed by atoms with Crippen LogP contribution in [-0.2, 0) is 30.6 Å².